The maximum atomic E-state index is 12.9. The average Bonchev–Trinajstić information content (AvgIpc) is 2.62. The van der Waals surface area contributed by atoms with Crippen LogP contribution < -0.4 is 10.6 Å². The summed E-state index contributed by atoms with van der Waals surface area (Å²) in [6.45, 7) is 3.89. The van der Waals surface area contributed by atoms with Gasteiger partial charge in [-0.3, -0.25) is 9.59 Å². The largest absolute Gasteiger partial charge is 0.378 e. The summed E-state index contributed by atoms with van der Waals surface area (Å²) in [5.74, 6) is 0.305. The minimum Gasteiger partial charge on any atom is -0.378 e. The molecule has 0 aromatic carbocycles. The number of hydrogen-bond acceptors (Lipinski definition) is 5. The van der Waals surface area contributed by atoms with Gasteiger partial charge in [0.1, 0.15) is 5.82 Å². The van der Waals surface area contributed by atoms with Gasteiger partial charge in [-0.2, -0.15) is 0 Å². The summed E-state index contributed by atoms with van der Waals surface area (Å²) in [5, 5.41) is 0. The van der Waals surface area contributed by atoms with Crippen LogP contribution in [0, 0.1) is 5.92 Å². The van der Waals surface area contributed by atoms with Gasteiger partial charge in [-0.25, -0.2) is 4.98 Å². The van der Waals surface area contributed by atoms with Crippen LogP contribution in [0.25, 0.3) is 0 Å². The van der Waals surface area contributed by atoms with Gasteiger partial charge in [-0.15, -0.1) is 0 Å². The number of hydrogen-bond donors (Lipinski definition) is 1. The van der Waals surface area contributed by atoms with Crippen molar-refractivity contribution in [2.45, 2.75) is 12.8 Å². The Labute approximate surface area is 135 Å². The van der Waals surface area contributed by atoms with Crippen molar-refractivity contribution in [3.63, 3.8) is 0 Å². The van der Waals surface area contributed by atoms with Crippen molar-refractivity contribution in [1.29, 1.82) is 0 Å². The van der Waals surface area contributed by atoms with Gasteiger partial charge in [-0.05, 0) is 25.0 Å². The van der Waals surface area contributed by atoms with Crippen LogP contribution in [0.3, 0.4) is 0 Å². The fourth-order valence-corrected chi connectivity index (χ4v) is 3.13. The molecule has 0 unspecified atom stereocenters. The summed E-state index contributed by atoms with van der Waals surface area (Å²) in [7, 11) is 0. The molecule has 0 atom stereocenters. The molecule has 124 valence electrons. The molecule has 1 aromatic heterocycles. The van der Waals surface area contributed by atoms with Crippen molar-refractivity contribution < 1.29 is 14.3 Å². The zero-order chi connectivity index (χ0) is 16.2. The molecule has 2 saturated heterocycles. The Morgan fingerprint density at radius 2 is 1.87 bits per heavy atom. The van der Waals surface area contributed by atoms with Crippen LogP contribution in [0.2, 0.25) is 0 Å². The van der Waals surface area contributed by atoms with Crippen LogP contribution in [-0.2, 0) is 9.53 Å². The molecule has 3 rings (SSSR count). The second-order valence-electron chi connectivity index (χ2n) is 5.94. The molecule has 7 heteroatoms. The highest BCUT2D eigenvalue weighted by Crippen LogP contribution is 2.23. The lowest BCUT2D eigenvalue weighted by Gasteiger charge is -2.33. The Morgan fingerprint density at radius 3 is 2.52 bits per heavy atom. The summed E-state index contributed by atoms with van der Waals surface area (Å²) in [4.78, 5) is 32.4. The number of amides is 2. The van der Waals surface area contributed by atoms with Crippen molar-refractivity contribution in [3.8, 4) is 0 Å². The molecule has 0 spiro atoms. The van der Waals surface area contributed by atoms with Crippen LogP contribution in [0.4, 0.5) is 5.82 Å². The topological polar surface area (TPSA) is 88.8 Å². The number of aromatic nitrogens is 1. The predicted molar refractivity (Wildman–Crippen MR) is 85.1 cm³/mol. The Hall–Kier alpha value is -2.15. The van der Waals surface area contributed by atoms with E-state index in [4.69, 9.17) is 10.5 Å². The zero-order valence-corrected chi connectivity index (χ0v) is 13.1. The number of nitrogens with two attached hydrogens (primary N) is 1. The number of primary amides is 1. The highest BCUT2D eigenvalue weighted by Gasteiger charge is 2.29. The quantitative estimate of drug-likeness (QED) is 0.863. The van der Waals surface area contributed by atoms with E-state index in [1.807, 2.05) is 6.07 Å². The van der Waals surface area contributed by atoms with Crippen LogP contribution in [0.1, 0.15) is 23.2 Å². The molecular formula is C16H22N4O3. The number of likely N-dealkylation sites (tertiary alicyclic amines) is 1. The number of anilines is 1. The molecule has 1 aromatic rings. The van der Waals surface area contributed by atoms with E-state index in [1.165, 1.54) is 0 Å². The molecule has 7 nitrogen and oxygen atoms in total. The third kappa shape index (κ3) is 3.44. The summed E-state index contributed by atoms with van der Waals surface area (Å²) in [6, 6.07) is 3.60. The predicted octanol–water partition coefficient (Wildman–Crippen LogP) is 0.256. The van der Waals surface area contributed by atoms with Crippen molar-refractivity contribution in [3.05, 3.63) is 23.9 Å². The number of ether oxygens (including phenoxy) is 1. The molecule has 2 aliphatic heterocycles. The van der Waals surface area contributed by atoms with Crippen molar-refractivity contribution >= 4 is 17.6 Å². The number of rotatable bonds is 3. The molecular weight excluding hydrogens is 296 g/mol. The zero-order valence-electron chi connectivity index (χ0n) is 13.1. The van der Waals surface area contributed by atoms with E-state index in [0.717, 1.165) is 18.9 Å². The van der Waals surface area contributed by atoms with E-state index in [9.17, 15) is 9.59 Å². The Balaban J connectivity index is 1.74. The van der Waals surface area contributed by atoms with Crippen LogP contribution in [0.15, 0.2) is 18.3 Å². The van der Waals surface area contributed by atoms with Gasteiger partial charge in [0.2, 0.25) is 5.91 Å². The van der Waals surface area contributed by atoms with Crippen molar-refractivity contribution in [2.24, 2.45) is 11.7 Å². The Bertz CT molecular complexity index is 578. The lowest BCUT2D eigenvalue weighted by atomic mass is 9.96. The number of pyridine rings is 1. The number of carbonyl (C=O) groups is 2. The second-order valence-corrected chi connectivity index (χ2v) is 5.94. The third-order valence-electron chi connectivity index (χ3n) is 4.51. The van der Waals surface area contributed by atoms with Crippen molar-refractivity contribution in [1.82, 2.24) is 9.88 Å². The molecule has 2 aliphatic rings. The maximum absolute atomic E-state index is 12.9. The van der Waals surface area contributed by atoms with E-state index in [2.05, 4.69) is 9.88 Å². The number of carbonyl (C=O) groups excluding carboxylic acids is 2. The smallest absolute Gasteiger partial charge is 0.257 e. The third-order valence-corrected chi connectivity index (χ3v) is 4.51. The first-order valence-electron chi connectivity index (χ1n) is 8.03. The first kappa shape index (κ1) is 15.7. The molecule has 0 bridgehead atoms. The maximum Gasteiger partial charge on any atom is 0.257 e. The molecule has 0 radical (unpaired) electrons. The van der Waals surface area contributed by atoms with Crippen molar-refractivity contribution in [2.75, 3.05) is 44.3 Å². The molecule has 2 N–H and O–H groups in total. The van der Waals surface area contributed by atoms with Gasteiger partial charge in [0.15, 0.2) is 0 Å². The molecule has 2 fully saturated rings. The summed E-state index contributed by atoms with van der Waals surface area (Å²) >= 11 is 0. The lowest BCUT2D eigenvalue weighted by Crippen LogP contribution is -2.43. The van der Waals surface area contributed by atoms with Gasteiger partial charge in [0.05, 0.1) is 18.8 Å². The monoisotopic (exact) mass is 318 g/mol. The molecule has 3 heterocycles. The first-order valence-corrected chi connectivity index (χ1v) is 8.03. The van der Waals surface area contributed by atoms with E-state index >= 15 is 0 Å². The lowest BCUT2D eigenvalue weighted by molar-refractivity contribution is -0.123. The number of piperidine rings is 1. The fourth-order valence-electron chi connectivity index (χ4n) is 3.13. The molecule has 2 amide bonds. The van der Waals surface area contributed by atoms with E-state index in [1.54, 1.807) is 17.2 Å². The van der Waals surface area contributed by atoms with Crippen LogP contribution in [-0.4, -0.2) is 61.1 Å². The fraction of sp³-hybridized carbons (Fsp3) is 0.562. The van der Waals surface area contributed by atoms with Gasteiger partial charge in [-0.1, -0.05) is 0 Å². The van der Waals surface area contributed by atoms with Crippen LogP contribution in [0.5, 0.6) is 0 Å². The first-order chi connectivity index (χ1) is 11.2. The van der Waals surface area contributed by atoms with Gasteiger partial charge in [0.25, 0.3) is 5.91 Å². The SMILES string of the molecule is NC(=O)C1CCN(C(=O)c2cccnc2N2CCOCC2)CC1. The second kappa shape index (κ2) is 6.95. The Morgan fingerprint density at radius 1 is 1.17 bits per heavy atom. The van der Waals surface area contributed by atoms with E-state index in [-0.39, 0.29) is 17.7 Å². The van der Waals surface area contributed by atoms with Gasteiger partial charge >= 0.3 is 0 Å². The van der Waals surface area contributed by atoms with E-state index < -0.39 is 0 Å². The number of morpholine rings is 1. The highest BCUT2D eigenvalue weighted by atomic mass is 16.5. The van der Waals surface area contributed by atoms with Crippen LogP contribution >= 0.6 is 0 Å². The van der Waals surface area contributed by atoms with Gasteiger partial charge < -0.3 is 20.3 Å². The minimum atomic E-state index is -0.271. The molecule has 0 aliphatic carbocycles. The minimum absolute atomic E-state index is 0.0255. The van der Waals surface area contributed by atoms with Gasteiger partial charge in [0, 0.05) is 38.3 Å². The highest BCUT2D eigenvalue weighted by molar-refractivity contribution is 5.99. The molecule has 0 saturated carbocycles. The number of nitrogens with zero attached hydrogens (tertiary/aromatic N) is 3. The summed E-state index contributed by atoms with van der Waals surface area (Å²) in [6.07, 6.45) is 2.98. The average molecular weight is 318 g/mol. The Kier molecular flexibility index (Phi) is 4.76. The molecule has 23 heavy (non-hydrogen) atoms. The standard InChI is InChI=1S/C16H22N4O3/c17-14(21)12-3-6-20(7-4-12)16(22)13-2-1-5-18-15(13)19-8-10-23-11-9-19/h1-2,5,12H,3-4,6-11H2,(H2,17,21). The normalized spacial score (nSPS) is 19.7. The summed E-state index contributed by atoms with van der Waals surface area (Å²) in [5.41, 5.74) is 5.97. The summed E-state index contributed by atoms with van der Waals surface area (Å²) < 4.78 is 5.36. The van der Waals surface area contributed by atoms with E-state index in [0.29, 0.717) is 44.7 Å².